The Bertz CT molecular complexity index is 2800. The zero-order valence-electron chi connectivity index (χ0n) is 45.2. The standard InChI is InChI=1S/C29H36.C22H22.C17H19N.C2H6/c1-20-12-8-9-15-25(20)27-18-19-28(22(3)21(27)2)29-17-11-10-16-26(29)23(4)24-13-6-5-7-14-24;1-3-17(2)18-12-14-20(15-13-18)22-11-7-10-21(16-22)19-8-5-4-6-9-19;1-13(2)18-14(3)16-11-7-8-12-17(16)15-9-5-4-6-10-15;1-2/h8-10,12-13,15-16,18-19,23,26,29H,5-7,11,14,17H2,1-4H3;4-17H,3H2,1-2H3;4-13H,1-3H3;1-2H3/t23-,26?,29?;;;/m0.../s1. The fourth-order valence-electron chi connectivity index (χ4n) is 10.5. The van der Waals surface area contributed by atoms with E-state index in [4.69, 9.17) is 0 Å². The summed E-state index contributed by atoms with van der Waals surface area (Å²) in [6.45, 7) is 24.2. The number of hydrogen-bond donors (Lipinski definition) is 0. The molecule has 0 aliphatic heterocycles. The van der Waals surface area contributed by atoms with Gasteiger partial charge >= 0.3 is 0 Å². The molecule has 4 atom stereocenters. The van der Waals surface area contributed by atoms with Gasteiger partial charge < -0.3 is 0 Å². The molecule has 2 aliphatic rings. The van der Waals surface area contributed by atoms with Crippen molar-refractivity contribution in [1.29, 1.82) is 0 Å². The number of nitrogens with zero attached hydrogens (tertiary/aromatic N) is 1. The van der Waals surface area contributed by atoms with Gasteiger partial charge in [-0.3, -0.25) is 4.99 Å². The Morgan fingerprint density at radius 2 is 1.15 bits per heavy atom. The van der Waals surface area contributed by atoms with Crippen molar-refractivity contribution in [3.8, 4) is 44.5 Å². The molecule has 0 amide bonds. The molecule has 0 saturated carbocycles. The summed E-state index contributed by atoms with van der Waals surface area (Å²) >= 11 is 0. The Labute approximate surface area is 431 Å². The van der Waals surface area contributed by atoms with E-state index in [0.717, 1.165) is 5.71 Å². The van der Waals surface area contributed by atoms with Gasteiger partial charge in [-0.05, 0) is 189 Å². The van der Waals surface area contributed by atoms with E-state index in [1.807, 2.05) is 19.9 Å². The van der Waals surface area contributed by atoms with E-state index < -0.39 is 0 Å². The Morgan fingerprint density at radius 3 is 1.77 bits per heavy atom. The molecule has 0 radical (unpaired) electrons. The van der Waals surface area contributed by atoms with E-state index >= 15 is 0 Å². The van der Waals surface area contributed by atoms with E-state index in [9.17, 15) is 0 Å². The SMILES string of the molecule is CC.CC(=NC(C)C)c1ccccc1-c1ccccc1.CCC(C)c1ccc(-c2cccc(-c3ccccc3)c2)cc1.Cc1ccccc1-c1ccc(C2CCC=CC2[C@@H](C)C2=CCCCC2)c(C)c1C. The summed E-state index contributed by atoms with van der Waals surface area (Å²) in [6, 6.07) is 61.2. The fourth-order valence-corrected chi connectivity index (χ4v) is 10.5. The molecule has 7 aromatic carbocycles. The van der Waals surface area contributed by atoms with Crippen molar-refractivity contribution >= 4 is 5.71 Å². The fraction of sp³-hybridized carbons (Fsp3) is 0.329. The van der Waals surface area contributed by atoms with Crippen LogP contribution in [-0.2, 0) is 0 Å². The van der Waals surface area contributed by atoms with Gasteiger partial charge in [0.15, 0.2) is 0 Å². The van der Waals surface area contributed by atoms with Crippen molar-refractivity contribution in [1.82, 2.24) is 0 Å². The molecule has 1 nitrogen and oxygen atoms in total. The molecule has 0 spiro atoms. The first-order valence-corrected chi connectivity index (χ1v) is 27.0. The van der Waals surface area contributed by atoms with Gasteiger partial charge in [0.1, 0.15) is 0 Å². The zero-order chi connectivity index (χ0) is 50.7. The first-order chi connectivity index (χ1) is 34.5. The second-order valence-corrected chi connectivity index (χ2v) is 19.9. The van der Waals surface area contributed by atoms with Gasteiger partial charge in [-0.2, -0.15) is 0 Å². The van der Waals surface area contributed by atoms with Crippen LogP contribution in [0.15, 0.2) is 199 Å². The maximum Gasteiger partial charge on any atom is 0.0446 e. The zero-order valence-corrected chi connectivity index (χ0v) is 45.2. The van der Waals surface area contributed by atoms with Crippen LogP contribution >= 0.6 is 0 Å². The lowest BCUT2D eigenvalue weighted by molar-refractivity contribution is 0.361. The molecule has 368 valence electrons. The van der Waals surface area contributed by atoms with Crippen LogP contribution in [0.25, 0.3) is 44.5 Å². The smallest absolute Gasteiger partial charge is 0.0446 e. The first kappa shape index (κ1) is 54.0. The monoisotopic (exact) mass is 938 g/mol. The Kier molecular flexibility index (Phi) is 20.8. The molecule has 0 fully saturated rings. The van der Waals surface area contributed by atoms with Crippen LogP contribution in [0, 0.1) is 32.6 Å². The Balaban J connectivity index is 0.000000176. The summed E-state index contributed by atoms with van der Waals surface area (Å²) < 4.78 is 0. The highest BCUT2D eigenvalue weighted by Gasteiger charge is 2.31. The van der Waals surface area contributed by atoms with Crippen LogP contribution < -0.4 is 0 Å². The van der Waals surface area contributed by atoms with E-state index in [-0.39, 0.29) is 0 Å². The molecule has 1 heteroatoms. The Hall–Kier alpha value is -6.31. The lowest BCUT2D eigenvalue weighted by Gasteiger charge is -2.36. The van der Waals surface area contributed by atoms with Crippen LogP contribution in [0.4, 0.5) is 0 Å². The molecule has 0 heterocycles. The van der Waals surface area contributed by atoms with Crippen molar-refractivity contribution in [3.05, 3.63) is 227 Å². The summed E-state index contributed by atoms with van der Waals surface area (Å²) in [5, 5.41) is 0. The molecule has 3 unspecified atom stereocenters. The average Bonchev–Trinajstić information content (AvgIpc) is 3.43. The third-order valence-electron chi connectivity index (χ3n) is 14.9. The van der Waals surface area contributed by atoms with Crippen molar-refractivity contribution in [2.45, 2.75) is 139 Å². The van der Waals surface area contributed by atoms with Crippen LogP contribution in [0.2, 0.25) is 0 Å². The van der Waals surface area contributed by atoms with E-state index in [2.05, 4.69) is 249 Å². The number of hydrogen-bond acceptors (Lipinski definition) is 1. The summed E-state index contributed by atoms with van der Waals surface area (Å²) in [5.74, 6) is 2.57. The highest BCUT2D eigenvalue weighted by atomic mass is 14.8. The van der Waals surface area contributed by atoms with Crippen molar-refractivity contribution in [2.24, 2.45) is 16.8 Å². The van der Waals surface area contributed by atoms with Gasteiger partial charge in [0.05, 0.1) is 0 Å². The van der Waals surface area contributed by atoms with Crippen LogP contribution in [0.3, 0.4) is 0 Å². The lowest BCUT2D eigenvalue weighted by atomic mass is 9.69. The second-order valence-electron chi connectivity index (χ2n) is 19.9. The normalized spacial score (nSPS) is 16.2. The summed E-state index contributed by atoms with van der Waals surface area (Å²) in [4.78, 5) is 4.65. The number of allylic oxidation sites excluding steroid dienone is 4. The molecule has 0 aromatic heterocycles. The predicted molar refractivity (Wildman–Crippen MR) is 313 cm³/mol. The molecule has 0 saturated heterocycles. The number of aliphatic imine (C=N–C) groups is 1. The minimum Gasteiger partial charge on any atom is -0.287 e. The molecule has 71 heavy (non-hydrogen) atoms. The van der Waals surface area contributed by atoms with Gasteiger partial charge in [-0.15, -0.1) is 0 Å². The molecular formula is C70H83N. The molecule has 0 bridgehead atoms. The summed E-state index contributed by atoms with van der Waals surface area (Å²) in [7, 11) is 0. The van der Waals surface area contributed by atoms with Gasteiger partial charge in [-0.25, -0.2) is 0 Å². The average molecular weight is 938 g/mol. The molecule has 9 rings (SSSR count). The summed E-state index contributed by atoms with van der Waals surface area (Å²) in [5.41, 5.74) is 21.7. The maximum absolute atomic E-state index is 4.65. The first-order valence-electron chi connectivity index (χ1n) is 27.0. The topological polar surface area (TPSA) is 12.4 Å². The van der Waals surface area contributed by atoms with E-state index in [1.165, 1.54) is 117 Å². The maximum atomic E-state index is 4.65. The third-order valence-corrected chi connectivity index (χ3v) is 14.9. The number of benzene rings is 7. The van der Waals surface area contributed by atoms with Crippen LogP contribution in [0.1, 0.15) is 146 Å². The van der Waals surface area contributed by atoms with Crippen LogP contribution in [-0.4, -0.2) is 11.8 Å². The van der Waals surface area contributed by atoms with Crippen molar-refractivity contribution < 1.29 is 0 Å². The van der Waals surface area contributed by atoms with Gasteiger partial charge in [-0.1, -0.05) is 222 Å². The highest BCUT2D eigenvalue weighted by Crippen LogP contribution is 2.45. The number of rotatable bonds is 11. The molecule has 0 N–H and O–H groups in total. The third kappa shape index (κ3) is 14.4. The van der Waals surface area contributed by atoms with E-state index in [1.54, 1.807) is 11.1 Å². The minimum atomic E-state index is 0.328. The van der Waals surface area contributed by atoms with Gasteiger partial charge in [0.2, 0.25) is 0 Å². The van der Waals surface area contributed by atoms with Gasteiger partial charge in [0.25, 0.3) is 0 Å². The molecule has 2 aliphatic carbocycles. The minimum absolute atomic E-state index is 0.328. The predicted octanol–water partition coefficient (Wildman–Crippen LogP) is 20.6. The molecular weight excluding hydrogens is 855 g/mol. The lowest BCUT2D eigenvalue weighted by Crippen LogP contribution is -2.24. The van der Waals surface area contributed by atoms with Gasteiger partial charge in [0, 0.05) is 17.3 Å². The van der Waals surface area contributed by atoms with E-state index in [0.29, 0.717) is 29.7 Å². The highest BCUT2D eigenvalue weighted by molar-refractivity contribution is 6.04. The largest absolute Gasteiger partial charge is 0.287 e. The van der Waals surface area contributed by atoms with Crippen molar-refractivity contribution in [2.75, 3.05) is 0 Å². The second kappa shape index (κ2) is 27.3. The number of aryl methyl sites for hydroxylation is 1. The Morgan fingerprint density at radius 1 is 0.563 bits per heavy atom. The van der Waals surface area contributed by atoms with Crippen LogP contribution in [0.5, 0.6) is 0 Å². The quantitative estimate of drug-likeness (QED) is 0.0905. The van der Waals surface area contributed by atoms with Crippen molar-refractivity contribution in [3.63, 3.8) is 0 Å². The summed E-state index contributed by atoms with van der Waals surface area (Å²) in [6.07, 6.45) is 16.5. The molecule has 7 aromatic rings.